The molecule has 0 aliphatic rings. The highest BCUT2D eigenvalue weighted by atomic mass is 35.5. The predicted molar refractivity (Wildman–Crippen MR) is 140 cm³/mol. The van der Waals surface area contributed by atoms with E-state index in [0.29, 0.717) is 28.8 Å². The maximum Gasteiger partial charge on any atom is 0.333 e. The SMILES string of the molecule is CCOc1ccc(N=C(SCC(=O)Nc2ccc(Cl)cc2Cl)c2c(O)n(C)c(=O)n(C)c2=O)cc1. The van der Waals surface area contributed by atoms with Gasteiger partial charge in [0.15, 0.2) is 0 Å². The number of amides is 1. The average Bonchev–Trinajstić information content (AvgIpc) is 2.83. The standard InChI is InChI=1S/C23H22Cl2N4O5S/c1-4-34-15-8-6-14(7-9-15)26-20(19-21(31)28(2)23(33)29(3)22(19)32)35-12-18(30)27-17-10-5-13(24)11-16(17)25/h5-11,31H,4,12H2,1-3H3,(H,27,30). The highest BCUT2D eigenvalue weighted by molar-refractivity contribution is 8.15. The fourth-order valence-corrected chi connectivity index (χ4v) is 4.28. The number of carbonyl (C=O) groups is 1. The normalized spacial score (nSPS) is 11.4. The number of halogens is 2. The molecule has 3 rings (SSSR count). The summed E-state index contributed by atoms with van der Waals surface area (Å²) >= 11 is 12.9. The molecule has 0 atom stereocenters. The molecule has 2 aromatic carbocycles. The molecule has 1 amide bonds. The Morgan fingerprint density at radius 2 is 1.80 bits per heavy atom. The molecule has 0 fully saturated rings. The zero-order valence-electron chi connectivity index (χ0n) is 19.0. The Morgan fingerprint density at radius 1 is 1.11 bits per heavy atom. The van der Waals surface area contributed by atoms with Gasteiger partial charge in [0.05, 0.1) is 28.8 Å². The third-order valence-corrected chi connectivity index (χ3v) is 6.29. The minimum absolute atomic E-state index is 0.0558. The Bertz CT molecular complexity index is 1400. The number of aliphatic imine (C=N–C) groups is 1. The summed E-state index contributed by atoms with van der Waals surface area (Å²) in [5.74, 6) is -0.516. The van der Waals surface area contributed by atoms with Crippen molar-refractivity contribution in [2.45, 2.75) is 6.92 Å². The molecule has 0 saturated carbocycles. The number of benzene rings is 2. The van der Waals surface area contributed by atoms with E-state index in [4.69, 9.17) is 27.9 Å². The smallest absolute Gasteiger partial charge is 0.333 e. The number of carbonyl (C=O) groups excluding carboxylic acids is 1. The molecule has 0 aliphatic heterocycles. The largest absolute Gasteiger partial charge is 0.494 e. The minimum atomic E-state index is -0.746. The van der Waals surface area contributed by atoms with E-state index < -0.39 is 23.0 Å². The molecular formula is C23H22Cl2N4O5S. The summed E-state index contributed by atoms with van der Waals surface area (Å²) in [5, 5.41) is 14.0. The number of hydrogen-bond donors (Lipinski definition) is 2. The van der Waals surface area contributed by atoms with Crippen LogP contribution in [0.25, 0.3) is 0 Å². The number of aromatic nitrogens is 2. The molecule has 35 heavy (non-hydrogen) atoms. The molecule has 2 N–H and O–H groups in total. The van der Waals surface area contributed by atoms with Crippen molar-refractivity contribution in [2.24, 2.45) is 19.1 Å². The molecule has 0 saturated heterocycles. The summed E-state index contributed by atoms with van der Waals surface area (Å²) in [7, 11) is 2.62. The highest BCUT2D eigenvalue weighted by Gasteiger charge is 2.22. The summed E-state index contributed by atoms with van der Waals surface area (Å²) in [6.07, 6.45) is 0. The monoisotopic (exact) mass is 536 g/mol. The van der Waals surface area contributed by atoms with Gasteiger partial charge in [0.2, 0.25) is 11.8 Å². The molecule has 3 aromatic rings. The van der Waals surface area contributed by atoms with E-state index in [1.54, 1.807) is 36.4 Å². The van der Waals surface area contributed by atoms with Crippen LogP contribution in [-0.2, 0) is 18.9 Å². The number of hydrogen-bond acceptors (Lipinski definition) is 7. The van der Waals surface area contributed by atoms with E-state index in [2.05, 4.69) is 10.3 Å². The Balaban J connectivity index is 1.97. The molecule has 0 radical (unpaired) electrons. The van der Waals surface area contributed by atoms with Crippen LogP contribution in [0, 0.1) is 0 Å². The molecule has 0 bridgehead atoms. The molecule has 1 heterocycles. The van der Waals surface area contributed by atoms with Crippen molar-refractivity contribution in [1.82, 2.24) is 9.13 Å². The molecule has 12 heteroatoms. The zero-order valence-corrected chi connectivity index (χ0v) is 21.4. The number of rotatable bonds is 7. The van der Waals surface area contributed by atoms with Gasteiger partial charge >= 0.3 is 5.69 Å². The maximum absolute atomic E-state index is 12.9. The second kappa shape index (κ2) is 11.5. The van der Waals surface area contributed by atoms with E-state index in [0.717, 1.165) is 20.9 Å². The Hall–Kier alpha value is -3.21. The number of aromatic hydroxyl groups is 1. The van der Waals surface area contributed by atoms with Gasteiger partial charge in [-0.15, -0.1) is 0 Å². The quantitative estimate of drug-likeness (QED) is 0.349. The van der Waals surface area contributed by atoms with Crippen LogP contribution in [0.1, 0.15) is 12.5 Å². The number of nitrogens with zero attached hydrogens (tertiary/aromatic N) is 3. The van der Waals surface area contributed by atoms with Crippen molar-refractivity contribution in [1.29, 1.82) is 0 Å². The first kappa shape index (κ1) is 26.4. The minimum Gasteiger partial charge on any atom is -0.494 e. The van der Waals surface area contributed by atoms with Gasteiger partial charge in [-0.1, -0.05) is 35.0 Å². The van der Waals surface area contributed by atoms with Crippen molar-refractivity contribution < 1.29 is 14.6 Å². The first-order valence-electron chi connectivity index (χ1n) is 10.3. The lowest BCUT2D eigenvalue weighted by molar-refractivity contribution is -0.113. The molecule has 0 aliphatic carbocycles. The number of thioether (sulfide) groups is 1. The van der Waals surface area contributed by atoms with Crippen LogP contribution in [0.5, 0.6) is 11.6 Å². The van der Waals surface area contributed by atoms with Gasteiger partial charge in [-0.3, -0.25) is 18.7 Å². The zero-order chi connectivity index (χ0) is 25.7. The Kier molecular flexibility index (Phi) is 8.66. The van der Waals surface area contributed by atoms with Crippen molar-refractivity contribution in [3.8, 4) is 11.6 Å². The van der Waals surface area contributed by atoms with Gasteiger partial charge in [0.25, 0.3) is 5.56 Å². The maximum atomic E-state index is 12.9. The first-order valence-corrected chi connectivity index (χ1v) is 12.0. The van der Waals surface area contributed by atoms with Crippen molar-refractivity contribution >= 4 is 57.3 Å². The second-order valence-corrected chi connectivity index (χ2v) is 9.02. The number of ether oxygens (including phenoxy) is 1. The van der Waals surface area contributed by atoms with E-state index in [-0.39, 0.29) is 21.4 Å². The third kappa shape index (κ3) is 6.27. The summed E-state index contributed by atoms with van der Waals surface area (Å²) in [6.45, 7) is 2.36. The molecule has 9 nitrogen and oxygen atoms in total. The van der Waals surface area contributed by atoms with Gasteiger partial charge in [-0.25, -0.2) is 9.79 Å². The number of nitrogens with one attached hydrogen (secondary N) is 1. The average molecular weight is 537 g/mol. The molecule has 0 spiro atoms. The van der Waals surface area contributed by atoms with Crippen LogP contribution in [0.2, 0.25) is 10.0 Å². The third-order valence-electron chi connectivity index (χ3n) is 4.77. The number of anilines is 1. The van der Waals surface area contributed by atoms with Gasteiger partial charge in [-0.05, 0) is 49.4 Å². The first-order chi connectivity index (χ1) is 16.6. The summed E-state index contributed by atoms with van der Waals surface area (Å²) < 4.78 is 7.22. The lowest BCUT2D eigenvalue weighted by Gasteiger charge is -2.13. The lowest BCUT2D eigenvalue weighted by atomic mass is 10.3. The van der Waals surface area contributed by atoms with Crippen molar-refractivity contribution in [3.63, 3.8) is 0 Å². The van der Waals surface area contributed by atoms with E-state index in [1.807, 2.05) is 6.92 Å². The van der Waals surface area contributed by atoms with Crippen LogP contribution >= 0.6 is 35.0 Å². The molecule has 1 aromatic heterocycles. The second-order valence-electron chi connectivity index (χ2n) is 7.21. The van der Waals surface area contributed by atoms with Gasteiger partial charge < -0.3 is 15.2 Å². The summed E-state index contributed by atoms with van der Waals surface area (Å²) in [5.41, 5.74) is -0.827. The van der Waals surface area contributed by atoms with E-state index >= 15 is 0 Å². The topological polar surface area (TPSA) is 115 Å². The summed E-state index contributed by atoms with van der Waals surface area (Å²) in [4.78, 5) is 42.2. The molecule has 184 valence electrons. The van der Waals surface area contributed by atoms with Gasteiger partial charge in [0.1, 0.15) is 16.4 Å². The van der Waals surface area contributed by atoms with E-state index in [1.165, 1.54) is 20.2 Å². The van der Waals surface area contributed by atoms with Crippen LogP contribution in [0.4, 0.5) is 11.4 Å². The Morgan fingerprint density at radius 3 is 2.43 bits per heavy atom. The fourth-order valence-electron chi connectivity index (χ4n) is 2.99. The molecule has 0 unspecified atom stereocenters. The fraction of sp³-hybridized carbons (Fsp3) is 0.217. The van der Waals surface area contributed by atoms with Crippen LogP contribution in [0.3, 0.4) is 0 Å². The Labute approximate surface area is 215 Å². The predicted octanol–water partition coefficient (Wildman–Crippen LogP) is 3.95. The van der Waals surface area contributed by atoms with Crippen molar-refractivity contribution in [2.75, 3.05) is 17.7 Å². The van der Waals surface area contributed by atoms with Gasteiger partial charge in [-0.2, -0.15) is 0 Å². The molecular weight excluding hydrogens is 515 g/mol. The van der Waals surface area contributed by atoms with E-state index in [9.17, 15) is 19.5 Å². The van der Waals surface area contributed by atoms with Crippen LogP contribution in [0.15, 0.2) is 57.0 Å². The summed E-state index contributed by atoms with van der Waals surface area (Å²) in [6, 6.07) is 11.4. The van der Waals surface area contributed by atoms with Crippen LogP contribution in [-0.4, -0.2) is 37.6 Å². The lowest BCUT2D eigenvalue weighted by Crippen LogP contribution is -2.39. The highest BCUT2D eigenvalue weighted by Crippen LogP contribution is 2.27. The van der Waals surface area contributed by atoms with Crippen molar-refractivity contribution in [3.05, 3.63) is 78.9 Å². The van der Waals surface area contributed by atoms with Gasteiger partial charge in [0, 0.05) is 19.1 Å². The van der Waals surface area contributed by atoms with Crippen LogP contribution < -0.4 is 21.3 Å².